The molecule has 11 heteroatoms. The number of rotatable bonds is 6. The number of aliphatic hydroxyl groups excluding tert-OH is 5. The van der Waals surface area contributed by atoms with Crippen LogP contribution in [0.3, 0.4) is 0 Å². The first-order chi connectivity index (χ1) is 16.3. The van der Waals surface area contributed by atoms with Crippen molar-refractivity contribution in [2.75, 3.05) is 27.4 Å². The number of phenolic OH excluding ortho intramolecular Hbond substituents is 1. The summed E-state index contributed by atoms with van der Waals surface area (Å²) >= 11 is 0. The second kappa shape index (κ2) is 9.82. The van der Waals surface area contributed by atoms with Gasteiger partial charge in [-0.3, -0.25) is 0 Å². The van der Waals surface area contributed by atoms with Crippen molar-refractivity contribution in [3.8, 4) is 28.7 Å². The van der Waals surface area contributed by atoms with Crippen LogP contribution < -0.4 is 18.9 Å². The summed E-state index contributed by atoms with van der Waals surface area (Å²) in [6.07, 6.45) is -8.09. The van der Waals surface area contributed by atoms with Crippen LogP contribution in [0, 0.1) is 0 Å². The smallest absolute Gasteiger partial charge is 0.229 e. The maximum absolute atomic E-state index is 11.0. The van der Waals surface area contributed by atoms with Crippen molar-refractivity contribution < 1.29 is 54.3 Å². The van der Waals surface area contributed by atoms with Crippen molar-refractivity contribution in [1.29, 1.82) is 0 Å². The molecule has 0 aliphatic carbocycles. The highest BCUT2D eigenvalue weighted by atomic mass is 16.7. The highest BCUT2D eigenvalue weighted by Gasteiger charge is 2.45. The van der Waals surface area contributed by atoms with Gasteiger partial charge in [0.2, 0.25) is 12.0 Å². The van der Waals surface area contributed by atoms with E-state index < -0.39 is 49.3 Å². The Morgan fingerprint density at radius 2 is 1.68 bits per heavy atom. The van der Waals surface area contributed by atoms with Crippen molar-refractivity contribution >= 4 is 0 Å². The number of hydrogen-bond acceptors (Lipinski definition) is 11. The summed E-state index contributed by atoms with van der Waals surface area (Å²) in [5, 5.41) is 61.0. The van der Waals surface area contributed by atoms with Crippen LogP contribution in [0.4, 0.5) is 0 Å². The molecule has 2 heterocycles. The SMILES string of the molecule is COc1ccc([C@H]2COc3cc(O[C@H]4O[C@@H](CO)[C@H](O)[C@@H](O)[C@@H]4O)ccc3[C@@H]2O)c(O)c1OC. The first-order valence-electron chi connectivity index (χ1n) is 10.7. The van der Waals surface area contributed by atoms with Gasteiger partial charge in [0.1, 0.15) is 35.9 Å². The lowest BCUT2D eigenvalue weighted by Gasteiger charge is -2.39. The molecule has 4 rings (SSSR count). The highest BCUT2D eigenvalue weighted by molar-refractivity contribution is 5.57. The minimum atomic E-state index is -1.57. The molecule has 0 amide bonds. The van der Waals surface area contributed by atoms with Crippen LogP contribution in [-0.4, -0.2) is 88.8 Å². The molecule has 11 nitrogen and oxygen atoms in total. The molecule has 0 aromatic heterocycles. The predicted molar refractivity (Wildman–Crippen MR) is 115 cm³/mol. The molecule has 6 N–H and O–H groups in total. The van der Waals surface area contributed by atoms with Gasteiger partial charge >= 0.3 is 0 Å². The number of fused-ring (bicyclic) bond motifs is 1. The number of ether oxygens (including phenoxy) is 5. The molecule has 2 aliphatic rings. The summed E-state index contributed by atoms with van der Waals surface area (Å²) < 4.78 is 27.2. The van der Waals surface area contributed by atoms with Crippen LogP contribution in [-0.2, 0) is 4.74 Å². The fourth-order valence-electron chi connectivity index (χ4n) is 4.23. The minimum Gasteiger partial charge on any atom is -0.504 e. The topological polar surface area (TPSA) is 168 Å². The van der Waals surface area contributed by atoms with Crippen LogP contribution in [0.5, 0.6) is 28.7 Å². The average molecular weight is 480 g/mol. The van der Waals surface area contributed by atoms with Gasteiger partial charge in [0, 0.05) is 17.2 Å². The number of benzene rings is 2. The molecule has 0 spiro atoms. The average Bonchev–Trinajstić information content (AvgIpc) is 2.84. The van der Waals surface area contributed by atoms with Crippen molar-refractivity contribution in [2.24, 2.45) is 0 Å². The van der Waals surface area contributed by atoms with Crippen LogP contribution in [0.25, 0.3) is 0 Å². The third kappa shape index (κ3) is 4.22. The molecule has 7 atom stereocenters. The third-order valence-electron chi connectivity index (χ3n) is 6.15. The minimum absolute atomic E-state index is 0.0424. The number of aromatic hydroxyl groups is 1. The monoisotopic (exact) mass is 480 g/mol. The first-order valence-corrected chi connectivity index (χ1v) is 10.7. The van der Waals surface area contributed by atoms with Gasteiger partial charge in [-0.1, -0.05) is 6.07 Å². The van der Waals surface area contributed by atoms with Gasteiger partial charge < -0.3 is 54.3 Å². The molecule has 34 heavy (non-hydrogen) atoms. The summed E-state index contributed by atoms with van der Waals surface area (Å²) in [6, 6.07) is 7.85. The largest absolute Gasteiger partial charge is 0.504 e. The van der Waals surface area contributed by atoms with Gasteiger partial charge in [-0.2, -0.15) is 0 Å². The van der Waals surface area contributed by atoms with E-state index in [0.29, 0.717) is 22.6 Å². The van der Waals surface area contributed by atoms with E-state index in [1.54, 1.807) is 18.2 Å². The number of aliphatic hydroxyl groups is 5. The lowest BCUT2D eigenvalue weighted by atomic mass is 9.86. The summed E-state index contributed by atoms with van der Waals surface area (Å²) in [7, 11) is 2.86. The lowest BCUT2D eigenvalue weighted by molar-refractivity contribution is -0.277. The van der Waals surface area contributed by atoms with Crippen molar-refractivity contribution in [2.45, 2.75) is 42.7 Å². The Labute approximate surface area is 195 Å². The Morgan fingerprint density at radius 1 is 0.941 bits per heavy atom. The zero-order valence-electron chi connectivity index (χ0n) is 18.6. The van der Waals surface area contributed by atoms with Gasteiger partial charge in [-0.05, 0) is 18.2 Å². The van der Waals surface area contributed by atoms with Gasteiger partial charge in [0.25, 0.3) is 0 Å². The number of phenols is 1. The molecular weight excluding hydrogens is 452 g/mol. The first kappa shape index (κ1) is 24.3. The van der Waals surface area contributed by atoms with Crippen molar-refractivity contribution in [1.82, 2.24) is 0 Å². The van der Waals surface area contributed by atoms with Gasteiger partial charge in [-0.25, -0.2) is 0 Å². The van der Waals surface area contributed by atoms with E-state index in [2.05, 4.69) is 0 Å². The van der Waals surface area contributed by atoms with E-state index in [-0.39, 0.29) is 23.9 Å². The quantitative estimate of drug-likeness (QED) is 0.324. The Bertz CT molecular complexity index is 1010. The molecule has 2 aromatic rings. The van der Waals surface area contributed by atoms with Gasteiger partial charge in [0.05, 0.1) is 39.5 Å². The molecule has 1 saturated heterocycles. The summed E-state index contributed by atoms with van der Waals surface area (Å²) in [5.41, 5.74) is 0.879. The number of methoxy groups -OCH3 is 2. The van der Waals surface area contributed by atoms with E-state index in [1.807, 2.05) is 0 Å². The summed E-state index contributed by atoms with van der Waals surface area (Å²) in [6.45, 7) is -0.532. The van der Waals surface area contributed by atoms with Crippen molar-refractivity contribution in [3.63, 3.8) is 0 Å². The van der Waals surface area contributed by atoms with E-state index >= 15 is 0 Å². The van der Waals surface area contributed by atoms with Crippen LogP contribution >= 0.6 is 0 Å². The van der Waals surface area contributed by atoms with Crippen LogP contribution in [0.15, 0.2) is 30.3 Å². The molecule has 186 valence electrons. The van der Waals surface area contributed by atoms with Gasteiger partial charge in [-0.15, -0.1) is 0 Å². The Morgan fingerprint density at radius 3 is 2.35 bits per heavy atom. The molecule has 0 radical (unpaired) electrons. The normalized spacial score (nSPS) is 30.7. The fourth-order valence-corrected chi connectivity index (χ4v) is 4.23. The Balaban J connectivity index is 1.54. The second-order valence-electron chi connectivity index (χ2n) is 8.12. The molecule has 1 fully saturated rings. The van der Waals surface area contributed by atoms with E-state index in [0.717, 1.165) is 0 Å². The standard InChI is InChI=1S/C23H28O11/c1-30-14-6-5-11(18(26)22(14)31-2)13-9-32-15-7-10(3-4-12(15)17(13)25)33-23-21(29)20(28)19(27)16(8-24)34-23/h3-7,13,16-17,19-21,23-29H,8-9H2,1-2H3/t13-,16+,17+,19+,20-,21+,23+/m1/s1. The second-order valence-corrected chi connectivity index (χ2v) is 8.12. The molecule has 0 unspecified atom stereocenters. The lowest BCUT2D eigenvalue weighted by Crippen LogP contribution is -2.60. The van der Waals surface area contributed by atoms with E-state index in [4.69, 9.17) is 23.7 Å². The molecule has 0 saturated carbocycles. The van der Waals surface area contributed by atoms with Crippen molar-refractivity contribution in [3.05, 3.63) is 41.5 Å². The van der Waals surface area contributed by atoms with Gasteiger partial charge in [0.15, 0.2) is 11.5 Å². The maximum atomic E-state index is 11.0. The molecule has 2 aromatic carbocycles. The molecular formula is C23H28O11. The zero-order valence-corrected chi connectivity index (χ0v) is 18.6. The summed E-state index contributed by atoms with van der Waals surface area (Å²) in [4.78, 5) is 0. The van der Waals surface area contributed by atoms with Crippen LogP contribution in [0.1, 0.15) is 23.1 Å². The number of hydrogen-bond donors (Lipinski definition) is 6. The highest BCUT2D eigenvalue weighted by Crippen LogP contribution is 2.48. The Kier molecular flexibility index (Phi) is 7.03. The van der Waals surface area contributed by atoms with E-state index in [1.165, 1.54) is 26.4 Å². The fraction of sp³-hybridized carbons (Fsp3) is 0.478. The molecule has 0 bridgehead atoms. The summed E-state index contributed by atoms with van der Waals surface area (Å²) in [5.74, 6) is 0.296. The van der Waals surface area contributed by atoms with E-state index in [9.17, 15) is 30.6 Å². The third-order valence-corrected chi connectivity index (χ3v) is 6.15. The zero-order chi connectivity index (χ0) is 24.6. The predicted octanol–water partition coefficient (Wildman–Crippen LogP) is -0.202. The Hall–Kier alpha value is -2.80. The van der Waals surface area contributed by atoms with Crippen LogP contribution in [0.2, 0.25) is 0 Å². The maximum Gasteiger partial charge on any atom is 0.229 e. The molecule has 2 aliphatic heterocycles.